The summed E-state index contributed by atoms with van der Waals surface area (Å²) in [5, 5.41) is 8.01. The third-order valence-corrected chi connectivity index (χ3v) is 7.71. The summed E-state index contributed by atoms with van der Waals surface area (Å²) in [7, 11) is 0. The molecule has 9 heteroatoms. The van der Waals surface area contributed by atoms with E-state index in [-0.39, 0.29) is 13.0 Å². The summed E-state index contributed by atoms with van der Waals surface area (Å²) in [4.78, 5) is 10.6. The Balaban J connectivity index is 0.000000201. The highest BCUT2D eigenvalue weighted by molar-refractivity contribution is 5.70. The molecular weight excluding hydrogens is 510 g/mol. The van der Waals surface area contributed by atoms with Crippen LogP contribution in [0.15, 0.2) is 59.7 Å². The van der Waals surface area contributed by atoms with Crippen molar-refractivity contribution in [3.63, 3.8) is 0 Å². The van der Waals surface area contributed by atoms with Crippen LogP contribution in [0.1, 0.15) is 63.1 Å². The molecule has 0 bridgehead atoms. The Hall–Kier alpha value is -3.30. The number of allylic oxidation sites excluding steroid dienone is 4. The molecule has 3 heterocycles. The molecule has 0 radical (unpaired) electrons. The van der Waals surface area contributed by atoms with Crippen LogP contribution in [-0.4, -0.2) is 59.7 Å². The fourth-order valence-electron chi connectivity index (χ4n) is 5.50. The first-order valence-electron chi connectivity index (χ1n) is 14.2. The average Bonchev–Trinajstić information content (AvgIpc) is 3.52. The number of hydrogen-bond donors (Lipinski definition) is 3. The van der Waals surface area contributed by atoms with E-state index in [4.69, 9.17) is 15.6 Å². The minimum atomic E-state index is -2.19. The van der Waals surface area contributed by atoms with Gasteiger partial charge in [-0.05, 0) is 95.2 Å². The average molecular weight is 555 g/mol. The number of nitrogens with one attached hydrogen (secondary N) is 1. The molecular formula is C31H44F2N6O. The van der Waals surface area contributed by atoms with E-state index in [2.05, 4.69) is 36.2 Å². The van der Waals surface area contributed by atoms with Crippen molar-refractivity contribution in [2.24, 2.45) is 5.73 Å². The van der Waals surface area contributed by atoms with Crippen molar-refractivity contribution in [1.29, 1.82) is 0 Å². The third-order valence-electron chi connectivity index (χ3n) is 7.71. The molecule has 1 fully saturated rings. The lowest BCUT2D eigenvalue weighted by atomic mass is 9.94. The number of amides is 1. The van der Waals surface area contributed by atoms with Gasteiger partial charge in [0.2, 0.25) is 6.41 Å². The van der Waals surface area contributed by atoms with Gasteiger partial charge in [0.25, 0.3) is 6.43 Å². The summed E-state index contributed by atoms with van der Waals surface area (Å²) in [6.45, 7) is 6.96. The maximum absolute atomic E-state index is 12.5. The third kappa shape index (κ3) is 8.86. The van der Waals surface area contributed by atoms with Crippen LogP contribution in [0.25, 0.3) is 11.3 Å². The standard InChI is InChI=1S/C15H23F2N.C15H18N4.CH3NO/c1-12-5-2-3-6-13(12)8-9-14-7-4-10-18(14)11-15(16)17;1-11-14(12-7-9-17-10-8-12)18-19(15(11)16)13-5-3-2-4-6-13;2-1-3/h3,6,14-15H,2,4-5,7-11H2,1H3;2-7,17H,8-10,16H2,1H3;1H,(H2,2,3)/t14-;;/m1../s1. The van der Waals surface area contributed by atoms with E-state index < -0.39 is 6.43 Å². The zero-order valence-corrected chi connectivity index (χ0v) is 23.8. The van der Waals surface area contributed by atoms with Crippen LogP contribution in [0.5, 0.6) is 0 Å². The summed E-state index contributed by atoms with van der Waals surface area (Å²) in [6.07, 6.45) is 12.3. The Morgan fingerprint density at radius 1 is 1.20 bits per heavy atom. The van der Waals surface area contributed by atoms with E-state index >= 15 is 0 Å². The summed E-state index contributed by atoms with van der Waals surface area (Å²) < 4.78 is 26.7. The first kappa shape index (κ1) is 31.2. The Morgan fingerprint density at radius 2 is 1.95 bits per heavy atom. The Bertz CT molecular complexity index is 1170. The molecule has 5 rings (SSSR count). The van der Waals surface area contributed by atoms with E-state index in [1.807, 2.05) is 46.8 Å². The molecule has 1 saturated heterocycles. The smallest absolute Gasteiger partial charge is 0.251 e. The first-order valence-corrected chi connectivity index (χ1v) is 14.2. The Labute approximate surface area is 237 Å². The van der Waals surface area contributed by atoms with Gasteiger partial charge in [-0.25, -0.2) is 13.5 Å². The number of alkyl halides is 2. The van der Waals surface area contributed by atoms with Gasteiger partial charge in [0.05, 0.1) is 17.9 Å². The number of hydrogen-bond acceptors (Lipinski definition) is 5. The molecule has 1 aromatic heterocycles. The number of likely N-dealkylation sites (tertiary alicyclic amines) is 1. The second kappa shape index (κ2) is 16.1. The van der Waals surface area contributed by atoms with Crippen LogP contribution in [0.4, 0.5) is 14.6 Å². The maximum Gasteiger partial charge on any atom is 0.251 e. The molecule has 0 unspecified atom stereocenters. The highest BCUT2D eigenvalue weighted by Gasteiger charge is 2.26. The van der Waals surface area contributed by atoms with E-state index in [9.17, 15) is 8.78 Å². The van der Waals surface area contributed by atoms with Gasteiger partial charge in [-0.3, -0.25) is 9.69 Å². The van der Waals surface area contributed by atoms with Crippen molar-refractivity contribution in [1.82, 2.24) is 20.0 Å². The van der Waals surface area contributed by atoms with Crippen molar-refractivity contribution in [3.05, 3.63) is 71.0 Å². The summed E-state index contributed by atoms with van der Waals surface area (Å²) in [6, 6.07) is 10.4. The van der Waals surface area contributed by atoms with Crippen LogP contribution in [0.2, 0.25) is 0 Å². The maximum atomic E-state index is 12.5. The number of nitrogen functional groups attached to an aromatic ring is 1. The zero-order chi connectivity index (χ0) is 28.9. The molecule has 1 aromatic carbocycles. The predicted molar refractivity (Wildman–Crippen MR) is 159 cm³/mol. The van der Waals surface area contributed by atoms with E-state index in [0.29, 0.717) is 6.04 Å². The number of rotatable bonds is 7. The van der Waals surface area contributed by atoms with Crippen LogP contribution in [0, 0.1) is 6.92 Å². The van der Waals surface area contributed by atoms with Gasteiger partial charge >= 0.3 is 0 Å². The van der Waals surface area contributed by atoms with Gasteiger partial charge in [-0.1, -0.05) is 42.0 Å². The first-order chi connectivity index (χ1) is 19.3. The van der Waals surface area contributed by atoms with Gasteiger partial charge in [0.1, 0.15) is 5.82 Å². The minimum Gasteiger partial charge on any atom is -0.383 e. The normalized spacial score (nSPS) is 19.0. The second-order valence-corrected chi connectivity index (χ2v) is 10.4. The molecule has 0 spiro atoms. The zero-order valence-electron chi connectivity index (χ0n) is 23.8. The van der Waals surface area contributed by atoms with Crippen molar-refractivity contribution in [2.75, 3.05) is 31.9 Å². The topological polar surface area (TPSA) is 102 Å². The van der Waals surface area contributed by atoms with Crippen LogP contribution < -0.4 is 16.8 Å². The van der Waals surface area contributed by atoms with Crippen LogP contribution in [0.3, 0.4) is 0 Å². The van der Waals surface area contributed by atoms with Crippen molar-refractivity contribution < 1.29 is 13.6 Å². The second-order valence-electron chi connectivity index (χ2n) is 10.4. The molecule has 7 nitrogen and oxygen atoms in total. The van der Waals surface area contributed by atoms with Gasteiger partial charge in [-0.15, -0.1) is 0 Å². The van der Waals surface area contributed by atoms with Crippen molar-refractivity contribution in [3.8, 4) is 5.69 Å². The fraction of sp³-hybridized carbons (Fsp3) is 0.484. The summed E-state index contributed by atoms with van der Waals surface area (Å²) in [5.74, 6) is 0.723. The van der Waals surface area contributed by atoms with Gasteiger partial charge in [-0.2, -0.15) is 5.10 Å². The molecule has 0 saturated carbocycles. The van der Waals surface area contributed by atoms with Gasteiger partial charge in [0, 0.05) is 18.2 Å². The molecule has 2 aliphatic heterocycles. The number of halogens is 2. The van der Waals surface area contributed by atoms with Crippen molar-refractivity contribution in [2.45, 2.75) is 71.3 Å². The quantitative estimate of drug-likeness (QED) is 0.398. The van der Waals surface area contributed by atoms with Gasteiger partial charge < -0.3 is 16.8 Å². The van der Waals surface area contributed by atoms with E-state index in [1.165, 1.54) is 16.7 Å². The van der Waals surface area contributed by atoms with E-state index in [0.717, 1.165) is 87.3 Å². The van der Waals surface area contributed by atoms with Crippen LogP contribution in [-0.2, 0) is 4.79 Å². The highest BCUT2D eigenvalue weighted by atomic mass is 19.3. The summed E-state index contributed by atoms with van der Waals surface area (Å²) in [5.41, 5.74) is 17.7. The fourth-order valence-corrected chi connectivity index (χ4v) is 5.50. The number of nitrogens with two attached hydrogens (primary N) is 2. The summed E-state index contributed by atoms with van der Waals surface area (Å²) >= 11 is 0. The number of para-hydroxylation sites is 1. The number of carbonyl (C=O) groups is 1. The van der Waals surface area contributed by atoms with Crippen molar-refractivity contribution >= 4 is 17.8 Å². The molecule has 2 aromatic rings. The largest absolute Gasteiger partial charge is 0.383 e. The SMILES string of the molecule is CC1=C(CC[C@H]2CCCN2CC(F)F)C=CCC1.Cc1c(C2=CCNCC2)nn(-c2ccccc2)c1N.NC=O. The molecule has 40 heavy (non-hydrogen) atoms. The lowest BCUT2D eigenvalue weighted by Crippen LogP contribution is -2.33. The molecule has 1 aliphatic carbocycles. The number of nitrogens with zero attached hydrogens (tertiary/aromatic N) is 3. The number of benzene rings is 1. The van der Waals surface area contributed by atoms with Crippen LogP contribution >= 0.6 is 0 Å². The molecule has 5 N–H and O–H groups in total. The number of primary amides is 1. The van der Waals surface area contributed by atoms with E-state index in [1.54, 1.807) is 0 Å². The van der Waals surface area contributed by atoms with Gasteiger partial charge in [0.15, 0.2) is 0 Å². The molecule has 3 aliphatic rings. The molecule has 1 amide bonds. The number of aromatic nitrogens is 2. The number of carbonyl (C=O) groups excluding carboxylic acids is 1. The Morgan fingerprint density at radius 3 is 2.60 bits per heavy atom. The number of anilines is 1. The predicted octanol–water partition coefficient (Wildman–Crippen LogP) is 5.40. The highest BCUT2D eigenvalue weighted by Crippen LogP contribution is 2.29. The minimum absolute atomic E-state index is 0.0431. The lowest BCUT2D eigenvalue weighted by molar-refractivity contribution is -0.106. The monoisotopic (exact) mass is 554 g/mol. The Kier molecular flexibility index (Phi) is 12.6. The molecule has 218 valence electrons. The molecule has 1 atom stereocenters. The lowest BCUT2D eigenvalue weighted by Gasteiger charge is -2.24.